The molecule has 0 N–H and O–H groups in total. The summed E-state index contributed by atoms with van der Waals surface area (Å²) in [6.45, 7) is 0.833. The minimum Gasteiger partial charge on any atom is -0.384 e. The lowest BCUT2D eigenvalue weighted by molar-refractivity contribution is 0.204. The molecule has 2 rings (SSSR count). The number of allylic oxidation sites excluding steroid dienone is 1. The number of hydrogen-bond acceptors (Lipinski definition) is 1. The average Bonchev–Trinajstić information content (AvgIpc) is 2.49. The van der Waals surface area contributed by atoms with Crippen LogP contribution in [0.15, 0.2) is 36.4 Å². The van der Waals surface area contributed by atoms with Crippen molar-refractivity contribution in [1.29, 1.82) is 0 Å². The first-order valence-electron chi connectivity index (χ1n) is 7.69. The molecule has 0 bridgehead atoms. The fourth-order valence-electron chi connectivity index (χ4n) is 3.06. The maximum atomic E-state index is 5.95. The SMILES string of the molecule is COCCC=CCC1CCC(c2ccc(Cl)cc2)CC1. The summed E-state index contributed by atoms with van der Waals surface area (Å²) in [6.07, 6.45) is 12.2. The highest BCUT2D eigenvalue weighted by molar-refractivity contribution is 6.30. The number of ether oxygens (including phenoxy) is 1. The molecule has 1 saturated carbocycles. The average molecular weight is 293 g/mol. The van der Waals surface area contributed by atoms with Gasteiger partial charge < -0.3 is 4.74 Å². The molecule has 0 unspecified atom stereocenters. The maximum Gasteiger partial charge on any atom is 0.0496 e. The van der Waals surface area contributed by atoms with E-state index in [1.807, 2.05) is 12.1 Å². The topological polar surface area (TPSA) is 9.23 Å². The minimum atomic E-state index is 0.737. The van der Waals surface area contributed by atoms with E-state index in [9.17, 15) is 0 Å². The molecule has 20 heavy (non-hydrogen) atoms. The monoisotopic (exact) mass is 292 g/mol. The van der Waals surface area contributed by atoms with E-state index in [0.717, 1.165) is 29.9 Å². The third-order valence-corrected chi connectivity index (χ3v) is 4.56. The lowest BCUT2D eigenvalue weighted by Crippen LogP contribution is -2.12. The summed E-state index contributed by atoms with van der Waals surface area (Å²) in [5, 5.41) is 0.837. The van der Waals surface area contributed by atoms with E-state index < -0.39 is 0 Å². The van der Waals surface area contributed by atoms with Crippen molar-refractivity contribution >= 4 is 11.6 Å². The van der Waals surface area contributed by atoms with Crippen LogP contribution in [0.1, 0.15) is 50.0 Å². The van der Waals surface area contributed by atoms with Crippen molar-refractivity contribution in [2.45, 2.75) is 44.4 Å². The van der Waals surface area contributed by atoms with Crippen molar-refractivity contribution in [2.75, 3.05) is 13.7 Å². The molecule has 0 aliphatic heterocycles. The van der Waals surface area contributed by atoms with Crippen molar-refractivity contribution in [3.63, 3.8) is 0 Å². The number of hydrogen-bond donors (Lipinski definition) is 0. The second kappa shape index (κ2) is 8.49. The van der Waals surface area contributed by atoms with Gasteiger partial charge in [0.15, 0.2) is 0 Å². The lowest BCUT2D eigenvalue weighted by Gasteiger charge is -2.28. The Balaban J connectivity index is 1.72. The number of rotatable bonds is 6. The molecule has 0 heterocycles. The fraction of sp³-hybridized carbons (Fsp3) is 0.556. The Kier molecular flexibility index (Phi) is 6.62. The van der Waals surface area contributed by atoms with Crippen LogP contribution < -0.4 is 0 Å². The standard InChI is InChI=1S/C18H25ClO/c1-20-14-4-2-3-5-15-6-8-16(9-7-15)17-10-12-18(19)13-11-17/h2-3,10-13,15-16H,4-9,14H2,1H3. The summed E-state index contributed by atoms with van der Waals surface area (Å²) in [5.41, 5.74) is 1.46. The largest absolute Gasteiger partial charge is 0.384 e. The van der Waals surface area contributed by atoms with Gasteiger partial charge in [0.25, 0.3) is 0 Å². The van der Waals surface area contributed by atoms with Crippen LogP contribution >= 0.6 is 11.6 Å². The molecule has 0 atom stereocenters. The summed E-state index contributed by atoms with van der Waals surface area (Å²) < 4.78 is 5.04. The quantitative estimate of drug-likeness (QED) is 0.490. The van der Waals surface area contributed by atoms with E-state index in [2.05, 4.69) is 24.3 Å². The second-order valence-corrected chi connectivity index (χ2v) is 6.19. The molecular formula is C18H25ClO. The summed E-state index contributed by atoms with van der Waals surface area (Å²) >= 11 is 5.95. The molecule has 1 aliphatic rings. The molecule has 0 amide bonds. The van der Waals surface area contributed by atoms with Crippen LogP contribution in [0, 0.1) is 5.92 Å². The molecule has 2 heteroatoms. The zero-order valence-corrected chi connectivity index (χ0v) is 13.1. The molecule has 1 nitrogen and oxygen atoms in total. The Morgan fingerprint density at radius 1 is 1.10 bits per heavy atom. The van der Waals surface area contributed by atoms with Crippen LogP contribution in [0.2, 0.25) is 5.02 Å². The molecule has 0 saturated heterocycles. The molecule has 0 spiro atoms. The van der Waals surface area contributed by atoms with Gasteiger partial charge in [0.2, 0.25) is 0 Å². The predicted octanol–water partition coefficient (Wildman–Crippen LogP) is 5.60. The number of benzene rings is 1. The van der Waals surface area contributed by atoms with Gasteiger partial charge in [0.1, 0.15) is 0 Å². The Bertz CT molecular complexity index is 402. The van der Waals surface area contributed by atoms with Crippen LogP contribution in [0.4, 0.5) is 0 Å². The van der Waals surface area contributed by atoms with Gasteiger partial charge in [0, 0.05) is 18.7 Å². The van der Waals surface area contributed by atoms with E-state index in [4.69, 9.17) is 16.3 Å². The van der Waals surface area contributed by atoms with E-state index in [0.29, 0.717) is 0 Å². The van der Waals surface area contributed by atoms with Crippen molar-refractivity contribution in [3.05, 3.63) is 47.0 Å². The minimum absolute atomic E-state index is 0.737. The molecule has 1 aromatic rings. The zero-order chi connectivity index (χ0) is 14.2. The summed E-state index contributed by atoms with van der Waals surface area (Å²) in [4.78, 5) is 0. The molecule has 1 fully saturated rings. The third kappa shape index (κ3) is 4.96. The Morgan fingerprint density at radius 3 is 2.45 bits per heavy atom. The fourth-order valence-corrected chi connectivity index (χ4v) is 3.18. The molecule has 110 valence electrons. The van der Waals surface area contributed by atoms with Gasteiger partial charge in [-0.05, 0) is 68.1 Å². The van der Waals surface area contributed by atoms with Gasteiger partial charge in [-0.2, -0.15) is 0 Å². The highest BCUT2D eigenvalue weighted by Gasteiger charge is 2.21. The van der Waals surface area contributed by atoms with E-state index >= 15 is 0 Å². The number of methoxy groups -OCH3 is 1. The first-order chi connectivity index (χ1) is 9.79. The van der Waals surface area contributed by atoms with Crippen molar-refractivity contribution < 1.29 is 4.74 Å². The van der Waals surface area contributed by atoms with E-state index in [1.165, 1.54) is 37.7 Å². The van der Waals surface area contributed by atoms with E-state index in [1.54, 1.807) is 7.11 Å². The highest BCUT2D eigenvalue weighted by atomic mass is 35.5. The predicted molar refractivity (Wildman–Crippen MR) is 86.4 cm³/mol. The molecule has 0 aromatic heterocycles. The Hall–Kier alpha value is -0.790. The van der Waals surface area contributed by atoms with Crippen molar-refractivity contribution in [2.24, 2.45) is 5.92 Å². The van der Waals surface area contributed by atoms with Gasteiger partial charge in [-0.1, -0.05) is 35.9 Å². The van der Waals surface area contributed by atoms with Crippen LogP contribution in [-0.2, 0) is 4.74 Å². The summed E-state index contributed by atoms with van der Waals surface area (Å²) in [7, 11) is 1.76. The first-order valence-corrected chi connectivity index (χ1v) is 8.06. The van der Waals surface area contributed by atoms with Gasteiger partial charge >= 0.3 is 0 Å². The van der Waals surface area contributed by atoms with Crippen molar-refractivity contribution in [3.8, 4) is 0 Å². The Morgan fingerprint density at radius 2 is 1.80 bits per heavy atom. The van der Waals surface area contributed by atoms with Crippen LogP contribution in [0.5, 0.6) is 0 Å². The zero-order valence-electron chi connectivity index (χ0n) is 12.4. The normalized spacial score (nSPS) is 23.3. The molecule has 0 radical (unpaired) electrons. The smallest absolute Gasteiger partial charge is 0.0496 e. The van der Waals surface area contributed by atoms with Crippen LogP contribution in [0.25, 0.3) is 0 Å². The van der Waals surface area contributed by atoms with Crippen molar-refractivity contribution in [1.82, 2.24) is 0 Å². The summed E-state index contributed by atoms with van der Waals surface area (Å²) in [6, 6.07) is 8.42. The highest BCUT2D eigenvalue weighted by Crippen LogP contribution is 2.37. The van der Waals surface area contributed by atoms with Crippen LogP contribution in [0.3, 0.4) is 0 Å². The first kappa shape index (κ1) is 15.6. The molecular weight excluding hydrogens is 268 g/mol. The Labute approximate surface area is 128 Å². The molecule has 1 aromatic carbocycles. The van der Waals surface area contributed by atoms with Gasteiger partial charge in [-0.15, -0.1) is 0 Å². The third-order valence-electron chi connectivity index (χ3n) is 4.31. The van der Waals surface area contributed by atoms with Gasteiger partial charge in [0.05, 0.1) is 0 Å². The lowest BCUT2D eigenvalue weighted by atomic mass is 9.77. The van der Waals surface area contributed by atoms with E-state index in [-0.39, 0.29) is 0 Å². The summed E-state index contributed by atoms with van der Waals surface area (Å²) in [5.74, 6) is 1.61. The number of halogens is 1. The van der Waals surface area contributed by atoms with Crippen LogP contribution in [-0.4, -0.2) is 13.7 Å². The van der Waals surface area contributed by atoms with Gasteiger partial charge in [-0.3, -0.25) is 0 Å². The second-order valence-electron chi connectivity index (χ2n) is 5.76. The molecule has 1 aliphatic carbocycles. The van der Waals surface area contributed by atoms with Gasteiger partial charge in [-0.25, -0.2) is 0 Å². The maximum absolute atomic E-state index is 5.95.